The summed E-state index contributed by atoms with van der Waals surface area (Å²) in [5, 5.41) is 8.89. The maximum atomic E-state index is 6.88. The van der Waals surface area contributed by atoms with Crippen molar-refractivity contribution in [3.8, 4) is 0 Å². The molecule has 0 heterocycles. The SMILES string of the molecule is NCC(CC(P(c1ccccc1)c1ccccc1)P(c1ccccc1)c1ccccc1)P(c1ccccc1)c1ccccc1. The van der Waals surface area contributed by atoms with Gasteiger partial charge in [-0.2, -0.15) is 0 Å². The van der Waals surface area contributed by atoms with E-state index in [1.807, 2.05) is 0 Å². The van der Waals surface area contributed by atoms with Crippen molar-refractivity contribution < 1.29 is 0 Å². The lowest BCUT2D eigenvalue weighted by Gasteiger charge is -2.39. The van der Waals surface area contributed by atoms with Crippen molar-refractivity contribution in [2.75, 3.05) is 6.54 Å². The van der Waals surface area contributed by atoms with Crippen molar-refractivity contribution in [2.24, 2.45) is 5.73 Å². The topological polar surface area (TPSA) is 26.0 Å². The molecule has 0 amide bonds. The van der Waals surface area contributed by atoms with E-state index in [0.717, 1.165) is 6.42 Å². The van der Waals surface area contributed by atoms with E-state index in [2.05, 4.69) is 182 Å². The molecule has 2 N–H and O–H groups in total. The van der Waals surface area contributed by atoms with Gasteiger partial charge in [-0.1, -0.05) is 182 Å². The third-order valence-corrected chi connectivity index (χ3v) is 17.2. The van der Waals surface area contributed by atoms with Crippen molar-refractivity contribution in [1.82, 2.24) is 0 Å². The minimum Gasteiger partial charge on any atom is -0.330 e. The number of rotatable bonds is 12. The first-order valence-electron chi connectivity index (χ1n) is 15.2. The summed E-state index contributed by atoms with van der Waals surface area (Å²) in [4.78, 5) is 0. The minimum atomic E-state index is -0.718. The molecule has 1 atom stereocenters. The summed E-state index contributed by atoms with van der Waals surface area (Å²) in [5.41, 5.74) is 7.20. The Morgan fingerprint density at radius 2 is 0.568 bits per heavy atom. The summed E-state index contributed by atoms with van der Waals surface area (Å²) in [5.74, 6) is 0. The van der Waals surface area contributed by atoms with Gasteiger partial charge in [-0.3, -0.25) is 0 Å². The van der Waals surface area contributed by atoms with Gasteiger partial charge >= 0.3 is 0 Å². The molecule has 0 aliphatic carbocycles. The smallest absolute Gasteiger partial charge is 0.0161 e. The zero-order valence-corrected chi connectivity index (χ0v) is 27.5. The number of hydrogen-bond acceptors (Lipinski definition) is 1. The zero-order valence-electron chi connectivity index (χ0n) is 24.8. The molecule has 1 unspecified atom stereocenters. The highest BCUT2D eigenvalue weighted by Crippen LogP contribution is 2.60. The molecule has 0 aliphatic heterocycles. The number of hydrogen-bond donors (Lipinski definition) is 1. The Hall–Kier alpha value is -3.43. The molecule has 0 radical (unpaired) electrons. The van der Waals surface area contributed by atoms with Crippen molar-refractivity contribution in [1.29, 1.82) is 0 Å². The first kappa shape index (κ1) is 30.6. The van der Waals surface area contributed by atoms with Crippen molar-refractivity contribution in [3.63, 3.8) is 0 Å². The van der Waals surface area contributed by atoms with Crippen LogP contribution in [0.2, 0.25) is 0 Å². The normalized spacial score (nSPS) is 12.2. The van der Waals surface area contributed by atoms with Crippen molar-refractivity contribution >= 4 is 55.6 Å². The average Bonchev–Trinajstić information content (AvgIpc) is 3.11. The summed E-state index contributed by atoms with van der Waals surface area (Å²) in [6.45, 7) is 0.644. The summed E-state index contributed by atoms with van der Waals surface area (Å²) in [6, 6.07) is 67.2. The third kappa shape index (κ3) is 7.26. The molecule has 6 aromatic carbocycles. The Balaban J connectivity index is 1.56. The monoisotopic (exact) mass is 625 g/mol. The van der Waals surface area contributed by atoms with Crippen LogP contribution < -0.4 is 37.6 Å². The molecule has 0 spiro atoms. The lowest BCUT2D eigenvalue weighted by atomic mass is 10.3. The van der Waals surface area contributed by atoms with Crippen LogP contribution in [0.4, 0.5) is 0 Å². The fourth-order valence-electron chi connectivity index (χ4n) is 5.97. The summed E-state index contributed by atoms with van der Waals surface area (Å²) >= 11 is 0. The van der Waals surface area contributed by atoms with E-state index >= 15 is 0 Å². The van der Waals surface area contributed by atoms with Crippen LogP contribution in [-0.4, -0.2) is 17.6 Å². The van der Waals surface area contributed by atoms with Gasteiger partial charge < -0.3 is 5.73 Å². The second-order valence-electron chi connectivity index (χ2n) is 10.7. The molecule has 1 nitrogen and oxygen atoms in total. The van der Waals surface area contributed by atoms with Gasteiger partial charge in [0.15, 0.2) is 0 Å². The summed E-state index contributed by atoms with van der Waals surface area (Å²) < 4.78 is 0. The lowest BCUT2D eigenvalue weighted by molar-refractivity contribution is 0.805. The molecular weight excluding hydrogens is 587 g/mol. The Morgan fingerprint density at radius 3 is 0.795 bits per heavy atom. The highest BCUT2D eigenvalue weighted by molar-refractivity contribution is 7.89. The molecule has 0 saturated carbocycles. The molecule has 44 heavy (non-hydrogen) atoms. The predicted molar refractivity (Wildman–Crippen MR) is 198 cm³/mol. The van der Waals surface area contributed by atoms with E-state index in [-0.39, 0.29) is 0 Å². The van der Waals surface area contributed by atoms with Gasteiger partial charge in [-0.15, -0.1) is 0 Å². The third-order valence-electron chi connectivity index (χ3n) is 7.92. The fourth-order valence-corrected chi connectivity index (χ4v) is 16.5. The summed E-state index contributed by atoms with van der Waals surface area (Å²) in [6.07, 6.45) is 1.04. The van der Waals surface area contributed by atoms with Crippen LogP contribution in [0.25, 0.3) is 0 Å². The first-order valence-corrected chi connectivity index (χ1v) is 19.4. The van der Waals surface area contributed by atoms with E-state index < -0.39 is 23.8 Å². The van der Waals surface area contributed by atoms with Crippen LogP contribution in [0.3, 0.4) is 0 Å². The summed E-state index contributed by atoms with van der Waals surface area (Å²) in [7, 11) is -2.11. The van der Waals surface area contributed by atoms with Crippen LogP contribution >= 0.6 is 23.8 Å². The maximum absolute atomic E-state index is 6.88. The quantitative estimate of drug-likeness (QED) is 0.141. The van der Waals surface area contributed by atoms with E-state index in [1.54, 1.807) is 0 Å². The molecule has 0 aromatic heterocycles. The second-order valence-corrected chi connectivity index (χ2v) is 18.4. The van der Waals surface area contributed by atoms with E-state index in [9.17, 15) is 0 Å². The molecule has 6 aromatic rings. The first-order chi connectivity index (χ1) is 21.8. The lowest BCUT2D eigenvalue weighted by Crippen LogP contribution is -2.35. The Kier molecular flexibility index (Phi) is 10.8. The average molecular weight is 626 g/mol. The van der Waals surface area contributed by atoms with Gasteiger partial charge in [0.2, 0.25) is 0 Å². The molecule has 0 aliphatic rings. The zero-order chi connectivity index (χ0) is 30.0. The Morgan fingerprint density at radius 1 is 0.341 bits per heavy atom. The highest BCUT2D eigenvalue weighted by Gasteiger charge is 2.37. The van der Waals surface area contributed by atoms with Gasteiger partial charge in [0.1, 0.15) is 0 Å². The highest BCUT2D eigenvalue weighted by atomic mass is 31.2. The van der Waals surface area contributed by atoms with Gasteiger partial charge in [-0.05, 0) is 68.6 Å². The maximum Gasteiger partial charge on any atom is 0.0161 e. The molecular formula is C40H38NP3. The Labute approximate surface area is 266 Å². The van der Waals surface area contributed by atoms with Crippen molar-refractivity contribution in [2.45, 2.75) is 17.5 Å². The van der Waals surface area contributed by atoms with Crippen LogP contribution in [0.15, 0.2) is 182 Å². The van der Waals surface area contributed by atoms with Gasteiger partial charge in [0.05, 0.1) is 0 Å². The number of nitrogens with two attached hydrogens (primary N) is 1. The van der Waals surface area contributed by atoms with Crippen LogP contribution in [0, 0.1) is 0 Å². The number of benzene rings is 6. The van der Waals surface area contributed by atoms with Gasteiger partial charge in [0.25, 0.3) is 0 Å². The van der Waals surface area contributed by atoms with E-state index in [0.29, 0.717) is 17.6 Å². The second kappa shape index (κ2) is 15.5. The molecule has 0 saturated heterocycles. The molecule has 0 bridgehead atoms. The van der Waals surface area contributed by atoms with Crippen LogP contribution in [-0.2, 0) is 0 Å². The molecule has 0 fully saturated rings. The molecule has 218 valence electrons. The van der Waals surface area contributed by atoms with Crippen LogP contribution in [0.1, 0.15) is 6.42 Å². The molecule has 6 rings (SSSR count). The fraction of sp³-hybridized carbons (Fsp3) is 0.100. The van der Waals surface area contributed by atoms with Crippen molar-refractivity contribution in [3.05, 3.63) is 182 Å². The molecule has 4 heteroatoms. The van der Waals surface area contributed by atoms with Gasteiger partial charge in [-0.25, -0.2) is 0 Å². The predicted octanol–water partition coefficient (Wildman–Crippen LogP) is 7.43. The van der Waals surface area contributed by atoms with Crippen LogP contribution in [0.5, 0.6) is 0 Å². The standard InChI is InChI=1S/C40H38NP3/c41-32-39(42(33-19-7-1-8-20-33)34-21-9-2-10-22-34)31-40(43(35-23-11-3-12-24-35)36-25-13-4-14-26-36)44(37-27-15-5-16-28-37)38-29-17-6-18-30-38/h1-30,39-40H,31-32,41H2. The van der Waals surface area contributed by atoms with E-state index in [4.69, 9.17) is 5.73 Å². The largest absolute Gasteiger partial charge is 0.330 e. The Bertz CT molecular complexity index is 1470. The van der Waals surface area contributed by atoms with E-state index in [1.165, 1.54) is 31.8 Å². The van der Waals surface area contributed by atoms with Gasteiger partial charge in [0, 0.05) is 11.1 Å². The minimum absolute atomic E-state index is 0.314.